The van der Waals surface area contributed by atoms with Crippen LogP contribution in [0, 0.1) is 5.82 Å². The van der Waals surface area contributed by atoms with Crippen molar-refractivity contribution >= 4 is 39.7 Å². The zero-order valence-corrected chi connectivity index (χ0v) is 30.3. The Balaban J connectivity index is 1.25. The number of likely N-dealkylation sites (tertiary alicyclic amines) is 2. The number of rotatable bonds is 7. The van der Waals surface area contributed by atoms with Crippen LogP contribution in [0.4, 0.5) is 19.7 Å². The summed E-state index contributed by atoms with van der Waals surface area (Å²) >= 11 is 3.53. The summed E-state index contributed by atoms with van der Waals surface area (Å²) in [6.07, 6.45) is 0.0545. The Morgan fingerprint density at radius 2 is 1.29 bits per heavy atom. The SMILES string of the molecule is CC(C)(C)OC(=O)N1CC[C@H](Oc2ccc(C(=O)Nc3ccc(O[C@H]4CCN(C(=O)OC(C)(C)C)C4)c(-c4ccc(F)cc4)c3)cc2Br)C1. The number of benzene rings is 3. The number of hydrogen-bond acceptors (Lipinski definition) is 7. The van der Waals surface area contributed by atoms with Gasteiger partial charge in [-0.15, -0.1) is 0 Å². The number of hydrogen-bond donors (Lipinski definition) is 1. The Hall–Kier alpha value is -4.32. The quantitative estimate of drug-likeness (QED) is 0.260. The molecule has 2 aliphatic rings. The minimum absolute atomic E-state index is 0.210. The molecule has 0 unspecified atom stereocenters. The molecule has 0 radical (unpaired) electrons. The molecule has 3 aromatic rings. The Bertz CT molecular complexity index is 1690. The normalized spacial score (nSPS) is 17.9. The van der Waals surface area contributed by atoms with Gasteiger partial charge in [-0.3, -0.25) is 4.79 Å². The largest absolute Gasteiger partial charge is 0.488 e. The van der Waals surface area contributed by atoms with Gasteiger partial charge in [-0.2, -0.15) is 0 Å². The van der Waals surface area contributed by atoms with Gasteiger partial charge in [0.1, 0.15) is 40.7 Å². The van der Waals surface area contributed by atoms with Crippen LogP contribution in [0.15, 0.2) is 65.1 Å². The van der Waals surface area contributed by atoms with Crippen molar-refractivity contribution in [2.24, 2.45) is 0 Å². The second-order valence-corrected chi connectivity index (χ2v) is 15.1. The smallest absolute Gasteiger partial charge is 0.410 e. The molecular weight excluding hydrogens is 697 g/mol. The molecule has 2 aliphatic heterocycles. The lowest BCUT2D eigenvalue weighted by molar-refractivity contribution is 0.0266. The fraction of sp³-hybridized carbons (Fsp3) is 0.432. The Labute approximate surface area is 295 Å². The summed E-state index contributed by atoms with van der Waals surface area (Å²) < 4.78 is 37.9. The molecule has 0 aliphatic carbocycles. The number of carbonyl (C=O) groups excluding carboxylic acids is 3. The molecule has 0 bridgehead atoms. The number of anilines is 1. The number of nitrogens with one attached hydrogen (secondary N) is 1. The third-order valence-electron chi connectivity index (χ3n) is 7.77. The average Bonchev–Trinajstić information content (AvgIpc) is 3.68. The number of halogens is 2. The van der Waals surface area contributed by atoms with E-state index >= 15 is 0 Å². The first-order chi connectivity index (χ1) is 23.0. The van der Waals surface area contributed by atoms with Crippen LogP contribution in [-0.4, -0.2) is 77.5 Å². The van der Waals surface area contributed by atoms with Gasteiger partial charge >= 0.3 is 12.2 Å². The predicted molar refractivity (Wildman–Crippen MR) is 188 cm³/mol. The highest BCUT2D eigenvalue weighted by Crippen LogP contribution is 2.35. The molecule has 0 spiro atoms. The van der Waals surface area contributed by atoms with Crippen LogP contribution in [0.1, 0.15) is 64.7 Å². The van der Waals surface area contributed by atoms with Crippen LogP contribution in [-0.2, 0) is 9.47 Å². The molecule has 5 rings (SSSR count). The molecule has 3 aromatic carbocycles. The number of amides is 3. The van der Waals surface area contributed by atoms with E-state index in [0.29, 0.717) is 77.4 Å². The highest BCUT2D eigenvalue weighted by Gasteiger charge is 2.33. The van der Waals surface area contributed by atoms with Crippen molar-refractivity contribution in [3.8, 4) is 22.6 Å². The highest BCUT2D eigenvalue weighted by atomic mass is 79.9. The van der Waals surface area contributed by atoms with Crippen molar-refractivity contribution < 1.29 is 37.7 Å². The monoisotopic (exact) mass is 739 g/mol. The van der Waals surface area contributed by atoms with E-state index in [1.807, 2.05) is 41.5 Å². The molecule has 0 saturated carbocycles. The topological polar surface area (TPSA) is 107 Å². The second-order valence-electron chi connectivity index (χ2n) is 14.2. The van der Waals surface area contributed by atoms with Crippen LogP contribution < -0.4 is 14.8 Å². The van der Waals surface area contributed by atoms with Crippen molar-refractivity contribution in [1.29, 1.82) is 0 Å². The lowest BCUT2D eigenvalue weighted by atomic mass is 10.0. The van der Waals surface area contributed by atoms with E-state index < -0.39 is 11.2 Å². The number of ether oxygens (including phenoxy) is 4. The van der Waals surface area contributed by atoms with E-state index in [4.69, 9.17) is 18.9 Å². The summed E-state index contributed by atoms with van der Waals surface area (Å²) in [6.45, 7) is 12.8. The lowest BCUT2D eigenvalue weighted by Gasteiger charge is -2.24. The van der Waals surface area contributed by atoms with Gasteiger partial charge in [0.05, 0.1) is 17.6 Å². The van der Waals surface area contributed by atoms with Crippen molar-refractivity contribution in [2.45, 2.75) is 77.8 Å². The zero-order chi connectivity index (χ0) is 35.5. The fourth-order valence-corrected chi connectivity index (χ4v) is 5.97. The molecule has 2 saturated heterocycles. The van der Waals surface area contributed by atoms with Crippen molar-refractivity contribution in [3.63, 3.8) is 0 Å². The van der Waals surface area contributed by atoms with Gasteiger partial charge in [-0.1, -0.05) is 12.1 Å². The molecule has 1 N–H and O–H groups in total. The van der Waals surface area contributed by atoms with Gasteiger partial charge in [-0.05, 0) is 112 Å². The summed E-state index contributed by atoms with van der Waals surface area (Å²) in [5.74, 6) is 0.393. The predicted octanol–water partition coefficient (Wildman–Crippen LogP) is 8.28. The Morgan fingerprint density at radius 3 is 1.82 bits per heavy atom. The maximum atomic E-state index is 13.8. The molecule has 12 heteroatoms. The van der Waals surface area contributed by atoms with Gasteiger partial charge in [-0.25, -0.2) is 14.0 Å². The minimum Gasteiger partial charge on any atom is -0.488 e. The molecule has 262 valence electrons. The molecule has 2 heterocycles. The van der Waals surface area contributed by atoms with E-state index in [1.54, 1.807) is 58.3 Å². The van der Waals surface area contributed by atoms with Crippen LogP contribution in [0.5, 0.6) is 11.5 Å². The summed E-state index contributed by atoms with van der Waals surface area (Å²) in [6, 6.07) is 16.4. The summed E-state index contributed by atoms with van der Waals surface area (Å²) in [7, 11) is 0. The van der Waals surface area contributed by atoms with Gasteiger partial charge in [0.2, 0.25) is 0 Å². The third-order valence-corrected chi connectivity index (χ3v) is 8.39. The second kappa shape index (κ2) is 14.7. The molecule has 49 heavy (non-hydrogen) atoms. The van der Waals surface area contributed by atoms with Crippen molar-refractivity contribution in [1.82, 2.24) is 9.80 Å². The van der Waals surface area contributed by atoms with Gasteiger partial charge in [0.15, 0.2) is 0 Å². The standard InChI is InChI=1S/C37H43BrFN3O7/c1-36(2,3)48-34(44)41-17-15-27(21-41)46-31-14-12-26(20-29(31)23-7-10-25(39)11-8-23)40-33(43)24-9-13-32(30(38)19-24)47-28-16-18-42(22-28)35(45)49-37(4,5)6/h7-14,19-20,27-28H,15-18,21-22H2,1-6H3,(H,40,43)/t27-,28-/m0/s1. The van der Waals surface area contributed by atoms with Crippen LogP contribution >= 0.6 is 15.9 Å². The maximum absolute atomic E-state index is 13.8. The van der Waals surface area contributed by atoms with Gasteiger partial charge in [0, 0.05) is 42.7 Å². The summed E-state index contributed by atoms with van der Waals surface area (Å²) in [5, 5.41) is 2.94. The highest BCUT2D eigenvalue weighted by molar-refractivity contribution is 9.10. The average molecular weight is 741 g/mol. The van der Waals surface area contributed by atoms with E-state index in [1.165, 1.54) is 12.1 Å². The van der Waals surface area contributed by atoms with Gasteiger partial charge in [0.25, 0.3) is 5.91 Å². The molecule has 10 nitrogen and oxygen atoms in total. The minimum atomic E-state index is -0.597. The Kier molecular flexibility index (Phi) is 10.8. The number of carbonyl (C=O) groups is 3. The fourth-order valence-electron chi connectivity index (χ4n) is 5.50. The Morgan fingerprint density at radius 1 is 0.755 bits per heavy atom. The van der Waals surface area contributed by atoms with Crippen molar-refractivity contribution in [3.05, 3.63) is 76.5 Å². The van der Waals surface area contributed by atoms with E-state index in [0.717, 1.165) is 0 Å². The van der Waals surface area contributed by atoms with Gasteiger partial charge < -0.3 is 34.1 Å². The van der Waals surface area contributed by atoms with E-state index in [9.17, 15) is 18.8 Å². The molecule has 3 amide bonds. The van der Waals surface area contributed by atoms with Crippen molar-refractivity contribution in [2.75, 3.05) is 31.5 Å². The first-order valence-corrected chi connectivity index (χ1v) is 17.1. The first kappa shape index (κ1) is 36.0. The number of nitrogens with zero attached hydrogens (tertiary/aromatic N) is 2. The molecule has 0 aromatic heterocycles. The van der Waals surface area contributed by atoms with E-state index in [-0.39, 0.29) is 36.1 Å². The third kappa shape index (κ3) is 9.87. The molecule has 2 fully saturated rings. The first-order valence-electron chi connectivity index (χ1n) is 16.3. The lowest BCUT2D eigenvalue weighted by Crippen LogP contribution is -2.36. The van der Waals surface area contributed by atoms with Crippen LogP contribution in [0.2, 0.25) is 0 Å². The maximum Gasteiger partial charge on any atom is 0.410 e. The molecular formula is C37H43BrFN3O7. The van der Waals surface area contributed by atoms with Crippen LogP contribution in [0.25, 0.3) is 11.1 Å². The zero-order valence-electron chi connectivity index (χ0n) is 28.7. The van der Waals surface area contributed by atoms with Crippen LogP contribution in [0.3, 0.4) is 0 Å². The van der Waals surface area contributed by atoms with E-state index in [2.05, 4.69) is 21.2 Å². The molecule has 2 atom stereocenters. The summed E-state index contributed by atoms with van der Waals surface area (Å²) in [4.78, 5) is 41.6. The summed E-state index contributed by atoms with van der Waals surface area (Å²) in [5.41, 5.74) is 1.11.